The molecule has 5 N–H and O–H groups in total. The van der Waals surface area contributed by atoms with E-state index in [4.69, 9.17) is 19.9 Å². The van der Waals surface area contributed by atoms with Crippen molar-refractivity contribution in [1.29, 1.82) is 0 Å². The fourth-order valence-electron chi connectivity index (χ4n) is 6.26. The number of nitrogens with zero attached hydrogens (tertiary/aromatic N) is 1. The molecule has 0 bridgehead atoms. The Morgan fingerprint density at radius 3 is 2.00 bits per heavy atom. The molecule has 43 heavy (non-hydrogen) atoms. The minimum absolute atomic E-state index is 0.0125. The van der Waals surface area contributed by atoms with Crippen molar-refractivity contribution in [2.24, 2.45) is 5.73 Å². The van der Waals surface area contributed by atoms with Crippen molar-refractivity contribution in [2.75, 3.05) is 14.2 Å². The van der Waals surface area contributed by atoms with E-state index in [1.165, 1.54) is 23.0 Å². The first-order chi connectivity index (χ1) is 20.8. The number of rotatable bonds is 10. The Bertz CT molecular complexity index is 1620. The predicted molar refractivity (Wildman–Crippen MR) is 161 cm³/mol. The minimum atomic E-state index is -1.90. The van der Waals surface area contributed by atoms with Gasteiger partial charge in [-0.15, -0.1) is 0 Å². The van der Waals surface area contributed by atoms with E-state index in [1.54, 1.807) is 20.3 Å². The molecule has 10 heteroatoms. The number of aliphatic hydroxyl groups is 2. The molecule has 10 nitrogen and oxygen atoms in total. The van der Waals surface area contributed by atoms with Gasteiger partial charge < -0.3 is 30.2 Å². The summed E-state index contributed by atoms with van der Waals surface area (Å²) in [6.45, 7) is 0. The monoisotopic (exact) mass is 585 g/mol. The molecule has 1 unspecified atom stereocenters. The number of hydrogen-bond acceptors (Lipinski definition) is 8. The zero-order chi connectivity index (χ0) is 30.6. The molecule has 0 spiro atoms. The number of aromatic amines is 1. The second kappa shape index (κ2) is 12.3. The number of benzene rings is 3. The first-order valence-electron chi connectivity index (χ1n) is 13.9. The second-order valence-corrected chi connectivity index (χ2v) is 10.5. The van der Waals surface area contributed by atoms with E-state index in [2.05, 4.69) is 4.98 Å². The van der Waals surface area contributed by atoms with Gasteiger partial charge in [0, 0.05) is 18.7 Å². The van der Waals surface area contributed by atoms with Crippen LogP contribution in [0.1, 0.15) is 35.8 Å². The third-order valence-corrected chi connectivity index (χ3v) is 8.20. The first-order valence-corrected chi connectivity index (χ1v) is 13.9. The first kappa shape index (κ1) is 29.8. The fraction of sp³-hybridized carbons (Fsp3) is 0.273. The van der Waals surface area contributed by atoms with E-state index < -0.39 is 40.7 Å². The molecule has 5 rings (SSSR count). The van der Waals surface area contributed by atoms with Gasteiger partial charge in [-0.1, -0.05) is 60.7 Å². The zero-order valence-corrected chi connectivity index (χ0v) is 23.9. The summed E-state index contributed by atoms with van der Waals surface area (Å²) < 4.78 is 18.5. The second-order valence-electron chi connectivity index (χ2n) is 10.5. The molecule has 0 amide bonds. The van der Waals surface area contributed by atoms with Gasteiger partial charge >= 0.3 is 5.69 Å². The number of H-pyrrole nitrogens is 1. The molecule has 0 aliphatic carbocycles. The molecule has 4 aromatic rings. The van der Waals surface area contributed by atoms with Gasteiger partial charge in [-0.3, -0.25) is 14.3 Å². The highest BCUT2D eigenvalue weighted by Gasteiger charge is 2.61. The van der Waals surface area contributed by atoms with Crippen molar-refractivity contribution < 1.29 is 24.4 Å². The Labute approximate surface area is 248 Å². The summed E-state index contributed by atoms with van der Waals surface area (Å²) in [5, 5.41) is 24.9. The van der Waals surface area contributed by atoms with Crippen molar-refractivity contribution in [3.05, 3.63) is 141 Å². The summed E-state index contributed by atoms with van der Waals surface area (Å²) in [5.41, 5.74) is 3.46. The standard InChI is InChI=1S/C33H35N3O7/c1-41-25-13-9-23(10-14-25)33(22-7-4-3-5-8-22,24-11-15-26(42-2)16-12-24)32(40,18-6-19-34)30-27(37)21-29(43-30)36-20-17-28(38)35-31(36)39/h3-17,19-20,27,29-30,37,40H,18,21,34H2,1-2H3,(H,35,38,39)/t27-,29+,30-,32?/m0/s1. The summed E-state index contributed by atoms with van der Waals surface area (Å²) in [4.78, 5) is 26.6. The van der Waals surface area contributed by atoms with E-state index in [1.807, 2.05) is 78.9 Å². The Hall–Kier alpha value is -4.64. The van der Waals surface area contributed by atoms with E-state index in [0.717, 1.165) is 5.56 Å². The number of nitrogens with one attached hydrogen (secondary N) is 1. The Morgan fingerprint density at radius 2 is 1.49 bits per heavy atom. The van der Waals surface area contributed by atoms with Crippen LogP contribution in [0.4, 0.5) is 0 Å². The highest BCUT2D eigenvalue weighted by Crippen LogP contribution is 2.54. The number of aromatic nitrogens is 2. The van der Waals surface area contributed by atoms with Gasteiger partial charge in [0.05, 0.1) is 25.7 Å². The van der Waals surface area contributed by atoms with Crippen molar-refractivity contribution >= 4 is 0 Å². The number of nitrogens with two attached hydrogens (primary N) is 1. The van der Waals surface area contributed by atoms with Crippen LogP contribution < -0.4 is 26.5 Å². The maximum atomic E-state index is 13.3. The lowest BCUT2D eigenvalue weighted by atomic mass is 9.56. The zero-order valence-electron chi connectivity index (χ0n) is 23.9. The maximum absolute atomic E-state index is 13.3. The van der Waals surface area contributed by atoms with Crippen LogP contribution in [0.15, 0.2) is 113 Å². The Balaban J connectivity index is 1.81. The topological polar surface area (TPSA) is 149 Å². The Morgan fingerprint density at radius 1 is 0.930 bits per heavy atom. The van der Waals surface area contributed by atoms with Gasteiger partial charge in [0.1, 0.15) is 29.4 Å². The summed E-state index contributed by atoms with van der Waals surface area (Å²) in [6, 6.07) is 25.4. The normalized spacial score (nSPS) is 20.1. The summed E-state index contributed by atoms with van der Waals surface area (Å²) in [6.07, 6.45) is 0.840. The quantitative estimate of drug-likeness (QED) is 0.208. The van der Waals surface area contributed by atoms with Crippen LogP contribution in [0, 0.1) is 0 Å². The maximum Gasteiger partial charge on any atom is 0.330 e. The molecular weight excluding hydrogens is 550 g/mol. The number of hydrogen-bond donors (Lipinski definition) is 4. The molecule has 224 valence electrons. The fourth-order valence-corrected chi connectivity index (χ4v) is 6.26. The molecule has 2 heterocycles. The number of methoxy groups -OCH3 is 2. The average molecular weight is 586 g/mol. The molecule has 1 saturated heterocycles. The van der Waals surface area contributed by atoms with Crippen molar-refractivity contribution in [1.82, 2.24) is 9.55 Å². The van der Waals surface area contributed by atoms with Crippen LogP contribution in [0.5, 0.6) is 11.5 Å². The lowest BCUT2D eigenvalue weighted by molar-refractivity contribution is -0.160. The highest BCUT2D eigenvalue weighted by atomic mass is 16.5. The van der Waals surface area contributed by atoms with Crippen molar-refractivity contribution in [2.45, 2.75) is 42.3 Å². The smallest absolute Gasteiger partial charge is 0.330 e. The highest BCUT2D eigenvalue weighted by molar-refractivity contribution is 5.56. The lowest BCUT2D eigenvalue weighted by Gasteiger charge is -2.51. The molecule has 0 radical (unpaired) electrons. The molecular formula is C33H35N3O7. The van der Waals surface area contributed by atoms with E-state index in [9.17, 15) is 19.8 Å². The molecule has 1 aromatic heterocycles. The molecule has 1 aliphatic heterocycles. The Kier molecular flexibility index (Phi) is 8.54. The molecule has 1 aliphatic rings. The third kappa shape index (κ3) is 5.25. The predicted octanol–water partition coefficient (Wildman–Crippen LogP) is 2.83. The van der Waals surface area contributed by atoms with Gasteiger partial charge in [0.15, 0.2) is 0 Å². The van der Waals surface area contributed by atoms with Crippen LogP contribution in [0.3, 0.4) is 0 Å². The van der Waals surface area contributed by atoms with Crippen LogP contribution in [-0.2, 0) is 10.2 Å². The average Bonchev–Trinajstić information content (AvgIpc) is 3.43. The summed E-state index contributed by atoms with van der Waals surface area (Å²) in [5.74, 6) is 1.25. The van der Waals surface area contributed by atoms with Crippen molar-refractivity contribution in [3.8, 4) is 11.5 Å². The SMILES string of the molecule is COc1ccc(C(c2ccccc2)(c2ccc(OC)cc2)C(O)(CC=CN)[C@H]2O[C@@H](n3ccc(=O)[nH]c3=O)C[C@@H]2O)cc1. The van der Waals surface area contributed by atoms with Gasteiger partial charge in [-0.2, -0.15) is 0 Å². The van der Waals surface area contributed by atoms with Gasteiger partial charge in [0.25, 0.3) is 5.56 Å². The summed E-state index contributed by atoms with van der Waals surface area (Å²) in [7, 11) is 3.15. The molecule has 1 fully saturated rings. The number of ether oxygens (including phenoxy) is 3. The van der Waals surface area contributed by atoms with Crippen LogP contribution in [-0.4, -0.2) is 51.8 Å². The van der Waals surface area contributed by atoms with Crippen molar-refractivity contribution in [3.63, 3.8) is 0 Å². The van der Waals surface area contributed by atoms with E-state index >= 15 is 0 Å². The van der Waals surface area contributed by atoms with Gasteiger partial charge in [-0.25, -0.2) is 4.79 Å². The van der Waals surface area contributed by atoms with Crippen LogP contribution >= 0.6 is 0 Å². The summed E-state index contributed by atoms with van der Waals surface area (Å²) >= 11 is 0. The largest absolute Gasteiger partial charge is 0.497 e. The molecule has 4 atom stereocenters. The van der Waals surface area contributed by atoms with E-state index in [0.29, 0.717) is 22.6 Å². The van der Waals surface area contributed by atoms with Gasteiger partial charge in [-0.05, 0) is 53.6 Å². The molecule has 0 saturated carbocycles. The number of aliphatic hydroxyl groups excluding tert-OH is 1. The van der Waals surface area contributed by atoms with Crippen LogP contribution in [0.25, 0.3) is 0 Å². The van der Waals surface area contributed by atoms with Gasteiger partial charge in [0.2, 0.25) is 0 Å². The van der Waals surface area contributed by atoms with E-state index in [-0.39, 0.29) is 12.8 Å². The van der Waals surface area contributed by atoms with Crippen LogP contribution in [0.2, 0.25) is 0 Å². The third-order valence-electron chi connectivity index (χ3n) is 8.20. The minimum Gasteiger partial charge on any atom is -0.497 e. The molecule has 3 aromatic carbocycles. The lowest BCUT2D eigenvalue weighted by Crippen LogP contribution is -2.62.